The van der Waals surface area contributed by atoms with E-state index >= 15 is 9.59 Å². The molecule has 0 radical (unpaired) electrons. The van der Waals surface area contributed by atoms with Crippen LogP contribution in [0.3, 0.4) is 0 Å². The van der Waals surface area contributed by atoms with Crippen LogP contribution in [0.4, 0.5) is 17.6 Å². The highest BCUT2D eigenvalue weighted by Crippen LogP contribution is 2.38. The summed E-state index contributed by atoms with van der Waals surface area (Å²) >= 11 is 0. The molecule has 2 aromatic carbocycles. The number of nitrogens with one attached hydrogen (secondary N) is 2. The summed E-state index contributed by atoms with van der Waals surface area (Å²) in [6.07, 6.45) is 26.1. The van der Waals surface area contributed by atoms with Crippen molar-refractivity contribution in [2.75, 3.05) is 0 Å². The average molecular weight is 889 g/mol. The van der Waals surface area contributed by atoms with Gasteiger partial charge in [-0.05, 0) is 37.5 Å². The summed E-state index contributed by atoms with van der Waals surface area (Å²) in [6.45, 7) is 9.45. The van der Waals surface area contributed by atoms with Crippen LogP contribution in [0.5, 0.6) is 0 Å². The molecule has 4 heterocycles. The van der Waals surface area contributed by atoms with Crippen molar-refractivity contribution < 1.29 is 17.6 Å². The normalized spacial score (nSPS) is 13.1. The van der Waals surface area contributed by atoms with Gasteiger partial charge in [-0.15, -0.1) is 0 Å². The highest BCUT2D eigenvalue weighted by molar-refractivity contribution is 5.93. The molecule has 0 aliphatic carbocycles. The summed E-state index contributed by atoms with van der Waals surface area (Å²) in [7, 11) is 0. The van der Waals surface area contributed by atoms with Gasteiger partial charge in [0, 0.05) is 37.4 Å². The summed E-state index contributed by atoms with van der Waals surface area (Å²) < 4.78 is 62.3. The van der Waals surface area contributed by atoms with Gasteiger partial charge in [-0.2, -0.15) is 0 Å². The topological polar surface area (TPSA) is 101 Å². The number of H-pyrrole nitrogens is 2. The lowest BCUT2D eigenvalue weighted by molar-refractivity contribution is 0.355. The van der Waals surface area contributed by atoms with Crippen molar-refractivity contribution in [3.63, 3.8) is 0 Å². The fourth-order valence-corrected chi connectivity index (χ4v) is 9.71. The standard InChI is InChI=1S/C52H72F4N6O2/c1-5-9-13-17-19-23-27-35(25-21-15-11-7-3)33-61-49-47(57-41-29-37(53)39(55)31-43(41)59-49)45(51(61)63)46-48-50(60-44-32-40(56)38(54)30-42(44)58-48)62(52(46)64)34-36(26-22-16-12-8-4)28-24-20-18-14-10-6-2/h29-32,35-36,57-58H,5-28,33-34H2,1-4H3. The third-order valence-corrected chi connectivity index (χ3v) is 13.4. The molecule has 0 spiro atoms. The summed E-state index contributed by atoms with van der Waals surface area (Å²) in [5, 5.41) is 0. The molecule has 4 aliphatic rings. The third kappa shape index (κ3) is 12.0. The molecule has 6 rings (SSSR count). The number of halogens is 4. The van der Waals surface area contributed by atoms with Crippen LogP contribution in [0.1, 0.15) is 182 Å². The first-order valence-electron chi connectivity index (χ1n) is 24.9. The molecular weight excluding hydrogens is 817 g/mol. The van der Waals surface area contributed by atoms with Gasteiger partial charge in [0.15, 0.2) is 34.9 Å². The van der Waals surface area contributed by atoms with Gasteiger partial charge < -0.3 is 9.97 Å². The van der Waals surface area contributed by atoms with Gasteiger partial charge in [-0.1, -0.05) is 156 Å². The van der Waals surface area contributed by atoms with Crippen LogP contribution in [0.15, 0.2) is 33.9 Å². The molecule has 2 atom stereocenters. The van der Waals surface area contributed by atoms with Crippen LogP contribution in [0.2, 0.25) is 0 Å². The van der Waals surface area contributed by atoms with Crippen molar-refractivity contribution in [3.8, 4) is 34.2 Å². The number of aromatic amines is 2. The molecule has 2 N–H and O–H groups in total. The summed E-state index contributed by atoms with van der Waals surface area (Å²) in [6, 6.07) is 4.08. The van der Waals surface area contributed by atoms with Crippen molar-refractivity contribution in [1.82, 2.24) is 29.1 Å². The van der Waals surface area contributed by atoms with Gasteiger partial charge in [-0.25, -0.2) is 27.5 Å². The quantitative estimate of drug-likeness (QED) is 0.0362. The van der Waals surface area contributed by atoms with E-state index in [1.165, 1.54) is 38.5 Å². The van der Waals surface area contributed by atoms with Crippen LogP contribution in [0, 0.1) is 35.1 Å². The van der Waals surface area contributed by atoms with Crippen LogP contribution < -0.4 is 11.1 Å². The number of hydrogen-bond donors (Lipinski definition) is 2. The second-order valence-electron chi connectivity index (χ2n) is 18.6. The fraction of sp³-hybridized carbons (Fsp3) is 0.615. The Morgan fingerprint density at radius 3 is 1.09 bits per heavy atom. The minimum atomic E-state index is -1.07. The number of rotatable bonds is 29. The van der Waals surface area contributed by atoms with Crippen LogP contribution in [0.25, 0.3) is 56.2 Å². The zero-order chi connectivity index (χ0) is 45.6. The highest BCUT2D eigenvalue weighted by Gasteiger charge is 2.35. The molecule has 0 amide bonds. The van der Waals surface area contributed by atoms with Crippen LogP contribution in [-0.2, 0) is 13.1 Å². The lowest BCUT2D eigenvalue weighted by Crippen LogP contribution is -2.25. The Bertz CT molecular complexity index is 2280. The van der Waals surface area contributed by atoms with Crippen molar-refractivity contribution in [2.24, 2.45) is 11.8 Å². The van der Waals surface area contributed by atoms with E-state index in [9.17, 15) is 17.6 Å². The van der Waals surface area contributed by atoms with Gasteiger partial charge in [0.2, 0.25) is 0 Å². The Morgan fingerprint density at radius 1 is 0.453 bits per heavy atom. The number of unbranched alkanes of at least 4 members (excludes halogenated alkanes) is 16. The Morgan fingerprint density at radius 2 is 0.750 bits per heavy atom. The number of nitrogens with zero attached hydrogens (tertiary/aromatic N) is 4. The van der Waals surface area contributed by atoms with Gasteiger partial charge in [0.25, 0.3) is 11.1 Å². The van der Waals surface area contributed by atoms with E-state index < -0.39 is 34.4 Å². The smallest absolute Gasteiger partial charge is 0.262 e. The van der Waals surface area contributed by atoms with E-state index in [-0.39, 0.29) is 68.1 Å². The van der Waals surface area contributed by atoms with E-state index in [1.54, 1.807) is 9.13 Å². The number of hydrogen-bond acceptors (Lipinski definition) is 4. The Balaban J connectivity index is 1.51. The predicted octanol–water partition coefficient (Wildman–Crippen LogP) is 14.9. The van der Waals surface area contributed by atoms with Crippen molar-refractivity contribution in [3.05, 3.63) is 68.2 Å². The zero-order valence-electron chi connectivity index (χ0n) is 39.0. The van der Waals surface area contributed by atoms with Gasteiger partial charge in [0.1, 0.15) is 0 Å². The molecule has 0 bridgehead atoms. The minimum Gasteiger partial charge on any atom is -0.350 e. The van der Waals surface area contributed by atoms with Crippen molar-refractivity contribution in [1.29, 1.82) is 0 Å². The van der Waals surface area contributed by atoms with Crippen LogP contribution in [-0.4, -0.2) is 29.1 Å². The molecule has 350 valence electrons. The number of aromatic nitrogens is 6. The lowest BCUT2D eigenvalue weighted by atomic mass is 9.94. The maximum absolute atomic E-state index is 15.3. The third-order valence-electron chi connectivity index (χ3n) is 13.4. The maximum Gasteiger partial charge on any atom is 0.262 e. The monoisotopic (exact) mass is 889 g/mol. The predicted molar refractivity (Wildman–Crippen MR) is 253 cm³/mol. The largest absolute Gasteiger partial charge is 0.350 e. The molecular formula is C52H72F4N6O2. The second kappa shape index (κ2) is 24.2. The second-order valence-corrected chi connectivity index (χ2v) is 18.6. The molecule has 0 saturated carbocycles. The summed E-state index contributed by atoms with van der Waals surface area (Å²) in [4.78, 5) is 46.6. The fourth-order valence-electron chi connectivity index (χ4n) is 9.71. The maximum atomic E-state index is 15.3. The molecule has 64 heavy (non-hydrogen) atoms. The molecule has 2 unspecified atom stereocenters. The van der Waals surface area contributed by atoms with Crippen LogP contribution >= 0.6 is 0 Å². The first-order valence-corrected chi connectivity index (χ1v) is 24.9. The SMILES string of the molecule is CCCCCCCCC(CCCCCC)Cn1c2nc3cc(F)c(F)cc3[nH]c-2c(-c2c3[nH]c4cc(F)c(F)cc4nc-3n(CC(CCCCCC)CCCCCCCC)c2=O)c1=O. The summed E-state index contributed by atoms with van der Waals surface area (Å²) in [5.41, 5.74) is 0.274. The van der Waals surface area contributed by atoms with Gasteiger partial charge in [-0.3, -0.25) is 18.7 Å². The Kier molecular flexibility index (Phi) is 18.5. The molecule has 0 aromatic heterocycles. The Labute approximate surface area is 376 Å². The molecule has 4 aliphatic heterocycles. The first-order chi connectivity index (χ1) is 31.1. The van der Waals surface area contributed by atoms with Crippen molar-refractivity contribution >= 4 is 22.1 Å². The van der Waals surface area contributed by atoms with E-state index in [0.717, 1.165) is 140 Å². The minimum absolute atomic E-state index is 0.0441. The number of benzene rings is 2. The average Bonchev–Trinajstić information content (AvgIpc) is 3.68. The van der Waals surface area contributed by atoms with E-state index in [1.807, 2.05) is 0 Å². The van der Waals surface area contributed by atoms with Gasteiger partial charge in [0.05, 0.1) is 44.6 Å². The molecule has 12 heteroatoms. The van der Waals surface area contributed by atoms with E-state index in [0.29, 0.717) is 13.1 Å². The van der Waals surface area contributed by atoms with E-state index in [2.05, 4.69) is 37.7 Å². The highest BCUT2D eigenvalue weighted by atomic mass is 19.2. The summed E-state index contributed by atoms with van der Waals surface area (Å²) in [5.74, 6) is -3.49. The molecule has 2 aromatic rings. The first kappa shape index (κ1) is 49.0. The number of fused-ring (bicyclic) bond motifs is 4. The van der Waals surface area contributed by atoms with Gasteiger partial charge >= 0.3 is 0 Å². The lowest BCUT2D eigenvalue weighted by Gasteiger charge is -2.19. The zero-order valence-corrected chi connectivity index (χ0v) is 39.0. The van der Waals surface area contributed by atoms with E-state index in [4.69, 9.17) is 9.97 Å². The molecule has 0 saturated heterocycles. The molecule has 8 nitrogen and oxygen atoms in total. The van der Waals surface area contributed by atoms with Crippen molar-refractivity contribution in [2.45, 2.75) is 195 Å². The Hall–Kier alpha value is -4.48. The molecule has 0 fully saturated rings.